The molecule has 2 atom stereocenters. The van der Waals surface area contributed by atoms with Crippen molar-refractivity contribution in [3.8, 4) is 0 Å². The van der Waals surface area contributed by atoms with Gasteiger partial charge in [-0.3, -0.25) is 14.3 Å². The van der Waals surface area contributed by atoms with Crippen LogP contribution in [0.3, 0.4) is 0 Å². The van der Waals surface area contributed by atoms with Gasteiger partial charge in [0.2, 0.25) is 0 Å². The number of hydrogen-bond acceptors (Lipinski definition) is 6. The number of rotatable bonds is 6. The number of aliphatic hydroxyl groups is 1. The Kier molecular flexibility index (Phi) is 6.60. The van der Waals surface area contributed by atoms with E-state index in [1.54, 1.807) is 0 Å². The highest BCUT2D eigenvalue weighted by Gasteiger charge is 2.31. The third-order valence-electron chi connectivity index (χ3n) is 7.52. The van der Waals surface area contributed by atoms with Crippen molar-refractivity contribution in [2.75, 3.05) is 38.1 Å². The van der Waals surface area contributed by atoms with Gasteiger partial charge >= 0.3 is 0 Å². The maximum Gasteiger partial charge on any atom is 0.138 e. The normalized spacial score (nSPS) is 20.3. The van der Waals surface area contributed by atoms with Crippen LogP contribution in [0.2, 0.25) is 0 Å². The number of aliphatic hydroxyl groups excluding tert-OH is 1. The molecular formula is C27H38N6O. The minimum Gasteiger partial charge on any atom is -0.387 e. The highest BCUT2D eigenvalue weighted by atomic mass is 16.3. The van der Waals surface area contributed by atoms with Crippen LogP contribution in [-0.4, -0.2) is 68.5 Å². The first-order valence-corrected chi connectivity index (χ1v) is 12.8. The lowest BCUT2D eigenvalue weighted by atomic mass is 9.90. The Bertz CT molecular complexity index is 1130. The van der Waals surface area contributed by atoms with Crippen LogP contribution in [0.25, 0.3) is 5.65 Å². The minimum atomic E-state index is -0.607. The van der Waals surface area contributed by atoms with Crippen LogP contribution in [0.15, 0.2) is 36.5 Å². The monoisotopic (exact) mass is 462 g/mol. The highest BCUT2D eigenvalue weighted by molar-refractivity contribution is 5.55. The summed E-state index contributed by atoms with van der Waals surface area (Å²) in [6.07, 6.45) is 4.70. The van der Waals surface area contributed by atoms with Crippen LogP contribution in [0.4, 0.5) is 5.82 Å². The molecule has 1 unspecified atom stereocenters. The summed E-state index contributed by atoms with van der Waals surface area (Å²) in [5, 5.41) is 11.0. The number of hydrogen-bond donors (Lipinski definition) is 1. The van der Waals surface area contributed by atoms with Crippen molar-refractivity contribution in [3.05, 3.63) is 59.2 Å². The number of anilines is 1. The van der Waals surface area contributed by atoms with Gasteiger partial charge in [0.1, 0.15) is 11.5 Å². The first kappa shape index (κ1) is 23.3. The van der Waals surface area contributed by atoms with Crippen molar-refractivity contribution in [2.24, 2.45) is 0 Å². The van der Waals surface area contributed by atoms with Crippen LogP contribution in [-0.2, 0) is 13.0 Å². The number of imidazole rings is 1. The summed E-state index contributed by atoms with van der Waals surface area (Å²) in [6, 6.07) is 11.2. The summed E-state index contributed by atoms with van der Waals surface area (Å²) in [5.74, 6) is 1.13. The molecule has 1 fully saturated rings. The fraction of sp³-hybridized carbons (Fsp3) is 0.556. The van der Waals surface area contributed by atoms with E-state index in [4.69, 9.17) is 9.97 Å². The molecule has 1 aliphatic heterocycles. The SMILES string of the molecule is CC(O)c1c(CN(C(C)C)[C@H]2CCCc3cccnc32)nc2cccc(N3CCN(C)CC3)n12. The molecule has 34 heavy (non-hydrogen) atoms. The van der Waals surface area contributed by atoms with Gasteiger partial charge in [0.25, 0.3) is 0 Å². The van der Waals surface area contributed by atoms with E-state index >= 15 is 0 Å². The fourth-order valence-corrected chi connectivity index (χ4v) is 5.71. The van der Waals surface area contributed by atoms with Gasteiger partial charge < -0.3 is 14.9 Å². The summed E-state index contributed by atoms with van der Waals surface area (Å²) in [5.41, 5.74) is 5.37. The maximum absolute atomic E-state index is 11.0. The largest absolute Gasteiger partial charge is 0.387 e. The third-order valence-corrected chi connectivity index (χ3v) is 7.52. The number of piperazine rings is 1. The van der Waals surface area contributed by atoms with Crippen LogP contribution >= 0.6 is 0 Å². The van der Waals surface area contributed by atoms with Gasteiger partial charge in [0, 0.05) is 45.0 Å². The maximum atomic E-state index is 11.0. The summed E-state index contributed by atoms with van der Waals surface area (Å²) >= 11 is 0. The molecule has 5 rings (SSSR count). The first-order chi connectivity index (χ1) is 16.4. The van der Waals surface area contributed by atoms with Crippen molar-refractivity contribution in [1.82, 2.24) is 24.2 Å². The molecule has 7 nitrogen and oxygen atoms in total. The molecule has 0 saturated carbocycles. The molecule has 182 valence electrons. The van der Waals surface area contributed by atoms with E-state index in [9.17, 15) is 5.11 Å². The lowest BCUT2D eigenvalue weighted by Gasteiger charge is -2.37. The lowest BCUT2D eigenvalue weighted by molar-refractivity contribution is 0.121. The number of pyridine rings is 2. The number of aromatic nitrogens is 3. The Morgan fingerprint density at radius 1 is 1.09 bits per heavy atom. The van der Waals surface area contributed by atoms with Crippen molar-refractivity contribution < 1.29 is 5.11 Å². The molecule has 0 spiro atoms. The molecule has 1 aliphatic carbocycles. The van der Waals surface area contributed by atoms with Crippen LogP contribution in [0.1, 0.15) is 68.4 Å². The quantitative estimate of drug-likeness (QED) is 0.601. The first-order valence-electron chi connectivity index (χ1n) is 12.8. The van der Waals surface area contributed by atoms with Gasteiger partial charge in [-0.1, -0.05) is 12.1 Å². The van der Waals surface area contributed by atoms with E-state index < -0.39 is 6.10 Å². The lowest BCUT2D eigenvalue weighted by Crippen LogP contribution is -2.45. The molecule has 1 saturated heterocycles. The number of likely N-dealkylation sites (N-methyl/N-ethyl adjacent to an activating group) is 1. The Balaban J connectivity index is 1.54. The molecule has 4 heterocycles. The standard InChI is InChI=1S/C27H38N6O/c1-19(2)32(23-10-5-8-21-9-7-13-28-26(21)23)18-22-27(20(3)34)33-24(29-22)11-6-12-25(33)31-16-14-30(4)15-17-31/h6-7,9,11-13,19-20,23,34H,5,8,10,14-18H2,1-4H3/t20?,23-/m0/s1. The second kappa shape index (κ2) is 9.64. The van der Waals surface area contributed by atoms with E-state index in [0.717, 1.165) is 61.9 Å². The molecule has 7 heteroatoms. The number of nitrogens with zero attached hydrogens (tertiary/aromatic N) is 6. The predicted octanol–water partition coefficient (Wildman–Crippen LogP) is 3.82. The van der Waals surface area contributed by atoms with Crippen molar-refractivity contribution in [3.63, 3.8) is 0 Å². The Labute approximate surface area is 203 Å². The predicted molar refractivity (Wildman–Crippen MR) is 136 cm³/mol. The topological polar surface area (TPSA) is 60.1 Å². The zero-order valence-electron chi connectivity index (χ0n) is 21.0. The summed E-state index contributed by atoms with van der Waals surface area (Å²) in [6.45, 7) is 11.1. The second-order valence-electron chi connectivity index (χ2n) is 10.2. The summed E-state index contributed by atoms with van der Waals surface area (Å²) < 4.78 is 2.19. The van der Waals surface area contributed by atoms with Gasteiger partial charge in [0.15, 0.2) is 0 Å². The number of fused-ring (bicyclic) bond motifs is 2. The molecule has 0 bridgehead atoms. The smallest absolute Gasteiger partial charge is 0.138 e. The summed E-state index contributed by atoms with van der Waals surface area (Å²) in [4.78, 5) is 17.2. The minimum absolute atomic E-state index is 0.272. The van der Waals surface area contributed by atoms with Crippen LogP contribution < -0.4 is 4.90 Å². The van der Waals surface area contributed by atoms with Gasteiger partial charge in [0.05, 0.1) is 29.2 Å². The van der Waals surface area contributed by atoms with Crippen molar-refractivity contribution in [2.45, 2.75) is 64.8 Å². The third kappa shape index (κ3) is 4.32. The van der Waals surface area contributed by atoms with Crippen LogP contribution in [0.5, 0.6) is 0 Å². The highest BCUT2D eigenvalue weighted by Crippen LogP contribution is 2.36. The van der Waals surface area contributed by atoms with E-state index in [-0.39, 0.29) is 6.04 Å². The molecule has 3 aromatic heterocycles. The van der Waals surface area contributed by atoms with E-state index in [2.05, 4.69) is 70.3 Å². The fourth-order valence-electron chi connectivity index (χ4n) is 5.71. The van der Waals surface area contributed by atoms with Gasteiger partial charge in [-0.05, 0) is 70.8 Å². The Morgan fingerprint density at radius 2 is 1.88 bits per heavy atom. The average molecular weight is 463 g/mol. The summed E-state index contributed by atoms with van der Waals surface area (Å²) in [7, 11) is 2.17. The molecule has 0 aromatic carbocycles. The Hall–Kier alpha value is -2.48. The van der Waals surface area contributed by atoms with E-state index in [1.165, 1.54) is 17.7 Å². The van der Waals surface area contributed by atoms with Gasteiger partial charge in [-0.2, -0.15) is 0 Å². The van der Waals surface area contributed by atoms with Crippen molar-refractivity contribution >= 4 is 11.5 Å². The molecular weight excluding hydrogens is 424 g/mol. The zero-order valence-corrected chi connectivity index (χ0v) is 21.0. The van der Waals surface area contributed by atoms with Crippen molar-refractivity contribution in [1.29, 1.82) is 0 Å². The van der Waals surface area contributed by atoms with Gasteiger partial charge in [-0.25, -0.2) is 4.98 Å². The molecule has 1 N–H and O–H groups in total. The Morgan fingerprint density at radius 3 is 2.62 bits per heavy atom. The number of aryl methyl sites for hydroxylation is 1. The zero-order chi connectivity index (χ0) is 23.8. The van der Waals surface area contributed by atoms with Crippen LogP contribution in [0, 0.1) is 0 Å². The molecule has 0 radical (unpaired) electrons. The molecule has 2 aliphatic rings. The molecule has 3 aromatic rings. The van der Waals surface area contributed by atoms with E-state index in [0.29, 0.717) is 12.6 Å². The van der Waals surface area contributed by atoms with Gasteiger partial charge in [-0.15, -0.1) is 0 Å². The molecule has 0 amide bonds. The van der Waals surface area contributed by atoms with E-state index in [1.807, 2.05) is 13.1 Å². The second-order valence-corrected chi connectivity index (χ2v) is 10.2. The average Bonchev–Trinajstić information content (AvgIpc) is 3.21.